The van der Waals surface area contributed by atoms with E-state index in [9.17, 15) is 4.79 Å². The molecule has 1 aromatic carbocycles. The lowest BCUT2D eigenvalue weighted by molar-refractivity contribution is -0.118. The minimum atomic E-state index is -0.202. The Labute approximate surface area is 91.4 Å². The lowest BCUT2D eigenvalue weighted by Gasteiger charge is -2.12. The van der Waals surface area contributed by atoms with Crippen LogP contribution >= 0.6 is 23.2 Å². The van der Waals surface area contributed by atoms with Crippen molar-refractivity contribution < 1.29 is 4.79 Å². The third-order valence-corrected chi connectivity index (χ3v) is 2.61. The number of carbonyl (C=O) groups excluding carboxylic acids is 1. The molecule has 2 N–H and O–H groups in total. The van der Waals surface area contributed by atoms with Crippen molar-refractivity contribution in [2.24, 2.45) is 0 Å². The summed E-state index contributed by atoms with van der Waals surface area (Å²) in [6, 6.07) is 5.20. The fourth-order valence-corrected chi connectivity index (χ4v) is 1.90. The molecular formula is C9H8Cl2N2O. The normalized spacial score (nSPS) is 21.0. The topological polar surface area (TPSA) is 41.1 Å². The number of halogens is 2. The molecule has 1 heterocycles. The number of carbonyl (C=O) groups is 1. The molecule has 1 saturated heterocycles. The smallest absolute Gasteiger partial charge is 0.235 e. The van der Waals surface area contributed by atoms with E-state index in [1.807, 2.05) is 0 Å². The van der Waals surface area contributed by atoms with Gasteiger partial charge in [-0.3, -0.25) is 10.1 Å². The molecule has 2 rings (SSSR count). The standard InChI is InChI=1S/C9H8Cl2N2O/c10-5-1-2-6(7(11)3-5)9-12-4-8(14)13-9/h1-3,9,12H,4H2,(H,13,14). The van der Waals surface area contributed by atoms with Gasteiger partial charge in [0.25, 0.3) is 0 Å². The maximum absolute atomic E-state index is 11.0. The number of nitrogens with one attached hydrogen (secondary N) is 2. The third-order valence-electron chi connectivity index (χ3n) is 2.05. The van der Waals surface area contributed by atoms with Crippen LogP contribution in [0.3, 0.4) is 0 Å². The van der Waals surface area contributed by atoms with Crippen molar-refractivity contribution in [2.75, 3.05) is 6.54 Å². The Hall–Kier alpha value is -0.770. The van der Waals surface area contributed by atoms with Crippen LogP contribution in [0.5, 0.6) is 0 Å². The molecule has 0 aliphatic carbocycles. The monoisotopic (exact) mass is 230 g/mol. The highest BCUT2D eigenvalue weighted by Gasteiger charge is 2.22. The van der Waals surface area contributed by atoms with Gasteiger partial charge < -0.3 is 5.32 Å². The van der Waals surface area contributed by atoms with Gasteiger partial charge in [-0.05, 0) is 12.1 Å². The zero-order chi connectivity index (χ0) is 10.1. The minimum absolute atomic E-state index is 0.0268. The molecule has 1 aromatic rings. The van der Waals surface area contributed by atoms with Crippen LogP contribution in [-0.2, 0) is 4.79 Å². The predicted octanol–water partition coefficient (Wildman–Crippen LogP) is 1.71. The zero-order valence-corrected chi connectivity index (χ0v) is 8.69. The highest BCUT2D eigenvalue weighted by atomic mass is 35.5. The third kappa shape index (κ3) is 1.85. The lowest BCUT2D eigenvalue weighted by Crippen LogP contribution is -2.22. The van der Waals surface area contributed by atoms with Crippen LogP contribution in [0.15, 0.2) is 18.2 Å². The highest BCUT2D eigenvalue weighted by Crippen LogP contribution is 2.25. The average Bonchev–Trinajstić information content (AvgIpc) is 2.51. The maximum Gasteiger partial charge on any atom is 0.235 e. The molecule has 1 amide bonds. The number of hydrogen-bond acceptors (Lipinski definition) is 2. The Morgan fingerprint density at radius 3 is 2.71 bits per heavy atom. The van der Waals surface area contributed by atoms with Gasteiger partial charge in [-0.15, -0.1) is 0 Å². The molecule has 14 heavy (non-hydrogen) atoms. The van der Waals surface area contributed by atoms with E-state index in [1.165, 1.54) is 0 Å². The first-order valence-electron chi connectivity index (χ1n) is 4.14. The zero-order valence-electron chi connectivity index (χ0n) is 7.18. The summed E-state index contributed by atoms with van der Waals surface area (Å²) in [5.74, 6) is -0.0268. The summed E-state index contributed by atoms with van der Waals surface area (Å²) in [5.41, 5.74) is 0.835. The van der Waals surface area contributed by atoms with Gasteiger partial charge in [0.1, 0.15) is 6.17 Å². The van der Waals surface area contributed by atoms with Crippen LogP contribution < -0.4 is 10.6 Å². The molecule has 0 aromatic heterocycles. The largest absolute Gasteiger partial charge is 0.336 e. The van der Waals surface area contributed by atoms with Crippen molar-refractivity contribution in [3.63, 3.8) is 0 Å². The van der Waals surface area contributed by atoms with E-state index in [2.05, 4.69) is 10.6 Å². The van der Waals surface area contributed by atoms with Crippen molar-refractivity contribution in [1.82, 2.24) is 10.6 Å². The average molecular weight is 231 g/mol. The first-order chi connectivity index (χ1) is 6.66. The molecule has 1 atom stereocenters. The summed E-state index contributed by atoms with van der Waals surface area (Å²) in [5, 5.41) is 6.89. The fourth-order valence-electron chi connectivity index (χ4n) is 1.38. The Morgan fingerprint density at radius 1 is 1.36 bits per heavy atom. The Balaban J connectivity index is 2.28. The Kier molecular flexibility index (Phi) is 2.63. The number of hydrogen-bond donors (Lipinski definition) is 2. The van der Waals surface area contributed by atoms with E-state index in [0.29, 0.717) is 16.6 Å². The van der Waals surface area contributed by atoms with Crippen molar-refractivity contribution in [3.05, 3.63) is 33.8 Å². The van der Waals surface area contributed by atoms with Gasteiger partial charge in [-0.25, -0.2) is 0 Å². The van der Waals surface area contributed by atoms with E-state index in [1.54, 1.807) is 18.2 Å². The fraction of sp³-hybridized carbons (Fsp3) is 0.222. The minimum Gasteiger partial charge on any atom is -0.336 e. The summed E-state index contributed by atoms with van der Waals surface area (Å²) in [6.07, 6.45) is -0.202. The Morgan fingerprint density at radius 2 is 2.14 bits per heavy atom. The summed E-state index contributed by atoms with van der Waals surface area (Å²) >= 11 is 11.7. The summed E-state index contributed by atoms with van der Waals surface area (Å²) in [7, 11) is 0. The second-order valence-electron chi connectivity index (χ2n) is 3.05. The van der Waals surface area contributed by atoms with Gasteiger partial charge in [0, 0.05) is 15.6 Å². The molecule has 3 nitrogen and oxygen atoms in total. The first-order valence-corrected chi connectivity index (χ1v) is 4.90. The predicted molar refractivity (Wildman–Crippen MR) is 55.3 cm³/mol. The van der Waals surface area contributed by atoms with Gasteiger partial charge in [0.05, 0.1) is 6.54 Å². The van der Waals surface area contributed by atoms with Gasteiger partial charge in [0.2, 0.25) is 5.91 Å². The number of rotatable bonds is 1. The van der Waals surface area contributed by atoms with Crippen LogP contribution in [0.4, 0.5) is 0 Å². The van der Waals surface area contributed by atoms with Crippen molar-refractivity contribution in [3.8, 4) is 0 Å². The van der Waals surface area contributed by atoms with E-state index in [4.69, 9.17) is 23.2 Å². The van der Waals surface area contributed by atoms with Crippen LogP contribution in [0.25, 0.3) is 0 Å². The van der Waals surface area contributed by atoms with Gasteiger partial charge in [-0.1, -0.05) is 29.3 Å². The quantitative estimate of drug-likeness (QED) is 0.772. The van der Waals surface area contributed by atoms with E-state index in [-0.39, 0.29) is 12.1 Å². The highest BCUT2D eigenvalue weighted by molar-refractivity contribution is 6.35. The lowest BCUT2D eigenvalue weighted by atomic mass is 10.2. The molecule has 74 valence electrons. The first kappa shape index (κ1) is 9.77. The molecular weight excluding hydrogens is 223 g/mol. The molecule has 1 fully saturated rings. The van der Waals surface area contributed by atoms with Crippen LogP contribution in [-0.4, -0.2) is 12.5 Å². The van der Waals surface area contributed by atoms with Crippen molar-refractivity contribution in [2.45, 2.75) is 6.17 Å². The SMILES string of the molecule is O=C1CNC(c2ccc(Cl)cc2Cl)N1. The maximum atomic E-state index is 11.0. The molecule has 0 radical (unpaired) electrons. The van der Waals surface area contributed by atoms with Gasteiger partial charge in [0.15, 0.2) is 0 Å². The van der Waals surface area contributed by atoms with Crippen LogP contribution in [0.1, 0.15) is 11.7 Å². The van der Waals surface area contributed by atoms with Crippen LogP contribution in [0.2, 0.25) is 10.0 Å². The second-order valence-corrected chi connectivity index (χ2v) is 3.89. The molecule has 0 bridgehead atoms. The van der Waals surface area contributed by atoms with E-state index in [0.717, 1.165) is 5.56 Å². The van der Waals surface area contributed by atoms with Gasteiger partial charge >= 0.3 is 0 Å². The molecule has 1 unspecified atom stereocenters. The van der Waals surface area contributed by atoms with E-state index >= 15 is 0 Å². The molecule has 0 spiro atoms. The van der Waals surface area contributed by atoms with Crippen LogP contribution in [0, 0.1) is 0 Å². The van der Waals surface area contributed by atoms with Crippen molar-refractivity contribution >= 4 is 29.1 Å². The molecule has 5 heteroatoms. The molecule has 1 aliphatic rings. The summed E-state index contributed by atoms with van der Waals surface area (Å²) in [6.45, 7) is 0.323. The molecule has 1 aliphatic heterocycles. The summed E-state index contributed by atoms with van der Waals surface area (Å²) in [4.78, 5) is 11.0. The number of amides is 1. The van der Waals surface area contributed by atoms with Gasteiger partial charge in [-0.2, -0.15) is 0 Å². The Bertz CT molecular complexity index is 381. The van der Waals surface area contributed by atoms with E-state index < -0.39 is 0 Å². The number of benzene rings is 1. The summed E-state index contributed by atoms with van der Waals surface area (Å²) < 4.78 is 0. The molecule has 0 saturated carbocycles. The van der Waals surface area contributed by atoms with Crippen molar-refractivity contribution in [1.29, 1.82) is 0 Å². The second kappa shape index (κ2) is 3.77.